The number of hydrogen-bond acceptors (Lipinski definition) is 6. The van der Waals surface area contributed by atoms with Crippen molar-refractivity contribution in [2.24, 2.45) is 0 Å². The zero-order chi connectivity index (χ0) is 25.3. The second-order valence-electron chi connectivity index (χ2n) is 8.70. The molecule has 0 fully saturated rings. The van der Waals surface area contributed by atoms with Crippen molar-refractivity contribution in [2.45, 2.75) is 25.6 Å². The lowest BCUT2D eigenvalue weighted by Gasteiger charge is -2.43. The Morgan fingerprint density at radius 1 is 1.06 bits per heavy atom. The largest absolute Gasteiger partial charge is 0.497 e. The quantitative estimate of drug-likeness (QED) is 0.426. The predicted octanol–water partition coefficient (Wildman–Crippen LogP) is 3.90. The van der Waals surface area contributed by atoms with Crippen molar-refractivity contribution >= 4 is 17.5 Å². The number of amides is 2. The number of nitrogens with zero attached hydrogens (tertiary/aromatic N) is 3. The molecule has 1 N–H and O–H groups in total. The summed E-state index contributed by atoms with van der Waals surface area (Å²) in [5.74, 6) is 0.843. The summed E-state index contributed by atoms with van der Waals surface area (Å²) in [7, 11) is 3.07. The van der Waals surface area contributed by atoms with Crippen LogP contribution < -0.4 is 19.7 Å². The summed E-state index contributed by atoms with van der Waals surface area (Å²) in [5.41, 5.74) is 0.978. The van der Waals surface area contributed by atoms with Gasteiger partial charge < -0.3 is 19.2 Å². The number of furan rings is 1. The Labute approximate surface area is 208 Å². The van der Waals surface area contributed by atoms with Crippen molar-refractivity contribution in [2.75, 3.05) is 19.1 Å². The van der Waals surface area contributed by atoms with Gasteiger partial charge in [0.2, 0.25) is 5.91 Å². The fourth-order valence-corrected chi connectivity index (χ4v) is 4.42. The molecule has 1 aliphatic rings. The number of carbonyl (C=O) groups excluding carboxylic acids is 2. The van der Waals surface area contributed by atoms with Crippen LogP contribution in [0.3, 0.4) is 0 Å². The molecule has 9 nitrogen and oxygen atoms in total. The van der Waals surface area contributed by atoms with Crippen LogP contribution in [0.1, 0.15) is 23.0 Å². The highest BCUT2D eigenvalue weighted by Crippen LogP contribution is 2.37. The Balaban J connectivity index is 1.58. The molecule has 0 saturated carbocycles. The van der Waals surface area contributed by atoms with Crippen molar-refractivity contribution < 1.29 is 23.5 Å². The van der Waals surface area contributed by atoms with Gasteiger partial charge in [-0.25, -0.2) is 0 Å². The second kappa shape index (κ2) is 9.26. The number of benzene rings is 2. The Bertz CT molecular complexity index is 1370. The van der Waals surface area contributed by atoms with Gasteiger partial charge in [-0.15, -0.1) is 0 Å². The van der Waals surface area contributed by atoms with Gasteiger partial charge in [0.15, 0.2) is 5.76 Å². The minimum Gasteiger partial charge on any atom is -0.497 e. The van der Waals surface area contributed by atoms with E-state index >= 15 is 0 Å². The maximum atomic E-state index is 14.0. The fraction of sp³-hybridized carbons (Fsp3) is 0.222. The minimum absolute atomic E-state index is 0.134. The molecule has 0 bridgehead atoms. The Morgan fingerprint density at radius 3 is 2.42 bits per heavy atom. The minimum atomic E-state index is -1.30. The number of carbonyl (C=O) groups is 2. The molecular formula is C27H26N4O5. The molecule has 1 atom stereocenters. The van der Waals surface area contributed by atoms with Gasteiger partial charge in [-0.3, -0.25) is 19.2 Å². The van der Waals surface area contributed by atoms with E-state index in [-0.39, 0.29) is 18.4 Å². The molecule has 3 heterocycles. The lowest BCUT2D eigenvalue weighted by molar-refractivity contribution is -0.126. The van der Waals surface area contributed by atoms with E-state index in [9.17, 15) is 9.59 Å². The van der Waals surface area contributed by atoms with Crippen LogP contribution in [-0.2, 0) is 17.9 Å². The number of nitrogens with one attached hydrogen (secondary N) is 1. The highest BCUT2D eigenvalue weighted by molar-refractivity contribution is 6.12. The standard InChI is InChI=1S/C27H26N4O5/c1-27(26(33)28-16-18-8-5-4-6-9-18)17-30-23(15-22(29-30)24-10-7-11-36-24)25(32)31(27)19-12-20(34-2)14-21(13-19)35-3/h4-15H,16-17H2,1-3H3,(H,28,33)/t27-/m1/s1. The molecule has 0 aliphatic carbocycles. The maximum Gasteiger partial charge on any atom is 0.277 e. The maximum absolute atomic E-state index is 14.0. The zero-order valence-electron chi connectivity index (χ0n) is 20.2. The zero-order valence-corrected chi connectivity index (χ0v) is 20.2. The van der Waals surface area contributed by atoms with Crippen molar-refractivity contribution in [1.82, 2.24) is 15.1 Å². The summed E-state index contributed by atoms with van der Waals surface area (Å²) >= 11 is 0. The summed E-state index contributed by atoms with van der Waals surface area (Å²) in [4.78, 5) is 29.2. The second-order valence-corrected chi connectivity index (χ2v) is 8.70. The van der Waals surface area contributed by atoms with Crippen LogP contribution in [0, 0.1) is 0 Å². The first kappa shape index (κ1) is 23.2. The van der Waals surface area contributed by atoms with Gasteiger partial charge in [0, 0.05) is 30.8 Å². The molecule has 5 rings (SSSR count). The van der Waals surface area contributed by atoms with Gasteiger partial charge in [-0.1, -0.05) is 30.3 Å². The fourth-order valence-electron chi connectivity index (χ4n) is 4.42. The molecule has 0 radical (unpaired) electrons. The molecule has 0 saturated heterocycles. The summed E-state index contributed by atoms with van der Waals surface area (Å²) in [6, 6.07) is 19.9. The van der Waals surface area contributed by atoms with Gasteiger partial charge in [-0.05, 0) is 24.6 Å². The molecule has 1 aliphatic heterocycles. The molecular weight excluding hydrogens is 460 g/mol. The number of hydrogen-bond donors (Lipinski definition) is 1. The normalized spacial score (nSPS) is 17.0. The van der Waals surface area contributed by atoms with E-state index in [4.69, 9.17) is 13.9 Å². The molecule has 2 amide bonds. The third kappa shape index (κ3) is 4.08. The van der Waals surface area contributed by atoms with E-state index < -0.39 is 5.54 Å². The number of fused-ring (bicyclic) bond motifs is 1. The molecule has 9 heteroatoms. The van der Waals surface area contributed by atoms with E-state index in [1.165, 1.54) is 19.1 Å². The Morgan fingerprint density at radius 2 is 1.78 bits per heavy atom. The average Bonchev–Trinajstić information content (AvgIpc) is 3.58. The summed E-state index contributed by atoms with van der Waals surface area (Å²) in [6.45, 7) is 2.19. The van der Waals surface area contributed by atoms with E-state index in [1.54, 1.807) is 54.3 Å². The number of methoxy groups -OCH3 is 2. The van der Waals surface area contributed by atoms with Crippen molar-refractivity contribution in [1.29, 1.82) is 0 Å². The lowest BCUT2D eigenvalue weighted by Crippen LogP contribution is -2.64. The van der Waals surface area contributed by atoms with Crippen LogP contribution in [-0.4, -0.2) is 41.4 Å². The Hall–Kier alpha value is -4.53. The van der Waals surface area contributed by atoms with Gasteiger partial charge in [0.25, 0.3) is 5.91 Å². The van der Waals surface area contributed by atoms with Crippen molar-refractivity contribution in [3.63, 3.8) is 0 Å². The monoisotopic (exact) mass is 486 g/mol. The lowest BCUT2D eigenvalue weighted by atomic mass is 9.93. The number of rotatable bonds is 7. The van der Waals surface area contributed by atoms with Gasteiger partial charge in [-0.2, -0.15) is 5.10 Å². The van der Waals surface area contributed by atoms with Crippen LogP contribution in [0.4, 0.5) is 5.69 Å². The molecule has 184 valence electrons. The van der Waals surface area contributed by atoms with Gasteiger partial charge in [0.05, 0.1) is 32.7 Å². The number of aromatic nitrogens is 2. The van der Waals surface area contributed by atoms with Crippen LogP contribution in [0.15, 0.2) is 77.4 Å². The van der Waals surface area contributed by atoms with Crippen molar-refractivity contribution in [3.05, 3.63) is 84.3 Å². The summed E-state index contributed by atoms with van der Waals surface area (Å²) < 4.78 is 17.9. The van der Waals surface area contributed by atoms with E-state index in [0.717, 1.165) is 5.56 Å². The van der Waals surface area contributed by atoms with Crippen LogP contribution in [0.5, 0.6) is 11.5 Å². The summed E-state index contributed by atoms with van der Waals surface area (Å²) in [6.07, 6.45) is 1.55. The topological polar surface area (TPSA) is 98.8 Å². The molecule has 2 aromatic heterocycles. The van der Waals surface area contributed by atoms with Crippen LogP contribution in [0.25, 0.3) is 11.5 Å². The number of anilines is 1. The van der Waals surface area contributed by atoms with Crippen LogP contribution in [0.2, 0.25) is 0 Å². The molecule has 0 spiro atoms. The molecule has 4 aromatic rings. The third-order valence-corrected chi connectivity index (χ3v) is 6.31. The predicted molar refractivity (Wildman–Crippen MR) is 133 cm³/mol. The van der Waals surface area contributed by atoms with Gasteiger partial charge in [0.1, 0.15) is 28.4 Å². The first-order valence-corrected chi connectivity index (χ1v) is 11.4. The molecule has 2 aromatic carbocycles. The number of ether oxygens (including phenoxy) is 2. The van der Waals surface area contributed by atoms with Crippen LogP contribution >= 0.6 is 0 Å². The first-order chi connectivity index (χ1) is 17.4. The summed E-state index contributed by atoms with van der Waals surface area (Å²) in [5, 5.41) is 7.58. The highest BCUT2D eigenvalue weighted by atomic mass is 16.5. The van der Waals surface area contributed by atoms with Gasteiger partial charge >= 0.3 is 0 Å². The van der Waals surface area contributed by atoms with E-state index in [2.05, 4.69) is 10.4 Å². The SMILES string of the molecule is COc1cc(OC)cc(N2C(=O)c3cc(-c4ccco4)nn3C[C@]2(C)C(=O)NCc2ccccc2)c1. The first-order valence-electron chi connectivity index (χ1n) is 11.4. The average molecular weight is 487 g/mol. The Kier molecular flexibility index (Phi) is 5.97. The highest BCUT2D eigenvalue weighted by Gasteiger charge is 2.49. The smallest absolute Gasteiger partial charge is 0.277 e. The van der Waals surface area contributed by atoms with Crippen molar-refractivity contribution in [3.8, 4) is 23.0 Å². The van der Waals surface area contributed by atoms with E-state index in [0.29, 0.717) is 40.9 Å². The molecule has 36 heavy (non-hydrogen) atoms. The third-order valence-electron chi connectivity index (χ3n) is 6.31. The molecule has 0 unspecified atom stereocenters. The van der Waals surface area contributed by atoms with E-state index in [1.807, 2.05) is 30.3 Å².